The number of benzene rings is 2. The minimum atomic E-state index is -0.0933. The fourth-order valence-corrected chi connectivity index (χ4v) is 3.71. The second kappa shape index (κ2) is 9.00. The van der Waals surface area contributed by atoms with Crippen LogP contribution in [-0.4, -0.2) is 32.2 Å². The molecule has 0 bridgehead atoms. The molecule has 2 aromatic carbocycles. The smallest absolute Gasteiger partial charge is 0.261 e. The molecule has 0 fully saturated rings. The minimum Gasteiger partial charge on any atom is -0.466 e. The van der Waals surface area contributed by atoms with E-state index in [9.17, 15) is 4.79 Å². The van der Waals surface area contributed by atoms with E-state index in [0.29, 0.717) is 19.0 Å². The largest absolute Gasteiger partial charge is 0.466 e. The molecule has 2 aromatic heterocycles. The molecule has 6 nitrogen and oxygen atoms in total. The van der Waals surface area contributed by atoms with Crippen LogP contribution >= 0.6 is 0 Å². The van der Waals surface area contributed by atoms with Crippen molar-refractivity contribution >= 4 is 16.9 Å². The highest BCUT2D eigenvalue weighted by Gasteiger charge is 2.19. The molecule has 31 heavy (non-hydrogen) atoms. The van der Waals surface area contributed by atoms with Gasteiger partial charge in [-0.3, -0.25) is 4.79 Å². The summed E-state index contributed by atoms with van der Waals surface area (Å²) >= 11 is 0. The van der Waals surface area contributed by atoms with Gasteiger partial charge in [0, 0.05) is 25.8 Å². The van der Waals surface area contributed by atoms with Crippen LogP contribution in [-0.2, 0) is 24.9 Å². The summed E-state index contributed by atoms with van der Waals surface area (Å²) in [6, 6.07) is 22.0. The van der Waals surface area contributed by atoms with E-state index in [1.165, 1.54) is 0 Å². The van der Waals surface area contributed by atoms with Crippen LogP contribution in [0.5, 0.6) is 5.88 Å². The second-order valence-corrected chi connectivity index (χ2v) is 7.72. The van der Waals surface area contributed by atoms with Gasteiger partial charge in [-0.15, -0.1) is 5.10 Å². The van der Waals surface area contributed by atoms with Gasteiger partial charge in [0.2, 0.25) is 5.88 Å². The van der Waals surface area contributed by atoms with Crippen LogP contribution in [0.25, 0.3) is 11.0 Å². The van der Waals surface area contributed by atoms with Gasteiger partial charge in [0.25, 0.3) is 5.91 Å². The molecule has 158 valence electrons. The van der Waals surface area contributed by atoms with E-state index in [1.807, 2.05) is 92.5 Å². The number of hydrogen-bond acceptors (Lipinski definition) is 4. The van der Waals surface area contributed by atoms with Gasteiger partial charge in [-0.1, -0.05) is 60.7 Å². The van der Waals surface area contributed by atoms with Gasteiger partial charge in [-0.2, -0.15) is 0 Å². The molecular weight excluding hydrogens is 388 g/mol. The summed E-state index contributed by atoms with van der Waals surface area (Å²) in [5.41, 5.74) is 4.86. The lowest BCUT2D eigenvalue weighted by molar-refractivity contribution is -0.134. The quantitative estimate of drug-likeness (QED) is 0.455. The van der Waals surface area contributed by atoms with Crippen LogP contribution in [0, 0.1) is 13.8 Å². The van der Waals surface area contributed by atoms with Crippen LogP contribution in [0.3, 0.4) is 0 Å². The molecule has 0 N–H and O–H groups in total. The van der Waals surface area contributed by atoms with Crippen molar-refractivity contribution in [2.24, 2.45) is 7.05 Å². The van der Waals surface area contributed by atoms with Gasteiger partial charge in [-0.05, 0) is 36.6 Å². The first-order valence-corrected chi connectivity index (χ1v) is 10.3. The number of carbonyl (C=O) groups is 1. The number of carbonyl (C=O) groups excluding carboxylic acids is 1. The molecule has 4 aromatic rings. The first kappa shape index (κ1) is 20.6. The van der Waals surface area contributed by atoms with Gasteiger partial charge in [0.15, 0.2) is 12.3 Å². The average Bonchev–Trinajstić information content (AvgIpc) is 3.08. The predicted molar refractivity (Wildman–Crippen MR) is 121 cm³/mol. The van der Waals surface area contributed by atoms with E-state index >= 15 is 0 Å². The van der Waals surface area contributed by atoms with Crippen LogP contribution in [0.1, 0.15) is 22.4 Å². The number of nitrogens with zero attached hydrogens (tertiary/aromatic N) is 4. The number of ether oxygens (including phenoxy) is 1. The molecule has 0 spiro atoms. The Morgan fingerprint density at radius 3 is 2.13 bits per heavy atom. The summed E-state index contributed by atoms with van der Waals surface area (Å²) < 4.78 is 7.61. The van der Waals surface area contributed by atoms with Gasteiger partial charge in [0.1, 0.15) is 0 Å². The molecule has 0 saturated heterocycles. The molecule has 6 heteroatoms. The summed E-state index contributed by atoms with van der Waals surface area (Å²) in [5, 5.41) is 5.30. The number of rotatable bonds is 7. The minimum absolute atomic E-state index is 0.0842. The standard InChI is InChI=1S/C25H26N4O2/c1-18-14-19(2)26-24-23(18)25(27-28(24)3)31-17-22(30)29(15-20-10-6-4-7-11-20)16-21-12-8-5-9-13-21/h4-14H,15-17H2,1-3H3. The number of hydrogen-bond donors (Lipinski definition) is 0. The Kier molecular flexibility index (Phi) is 5.98. The maximum atomic E-state index is 13.2. The van der Waals surface area contributed by atoms with Gasteiger partial charge >= 0.3 is 0 Å². The summed E-state index contributed by atoms with van der Waals surface area (Å²) in [4.78, 5) is 19.5. The monoisotopic (exact) mass is 414 g/mol. The molecule has 0 aliphatic carbocycles. The molecule has 0 aliphatic rings. The lowest BCUT2D eigenvalue weighted by atomic mass is 10.1. The Morgan fingerprint density at radius 2 is 1.55 bits per heavy atom. The maximum absolute atomic E-state index is 13.2. The van der Waals surface area contributed by atoms with Gasteiger partial charge in [-0.25, -0.2) is 9.67 Å². The highest BCUT2D eigenvalue weighted by molar-refractivity contribution is 5.85. The SMILES string of the molecule is Cc1cc(C)c2c(OCC(=O)N(Cc3ccccc3)Cc3ccccc3)nn(C)c2n1. The van der Waals surface area contributed by atoms with Crippen molar-refractivity contribution in [2.45, 2.75) is 26.9 Å². The van der Waals surface area contributed by atoms with Crippen molar-refractivity contribution in [3.05, 3.63) is 89.1 Å². The molecule has 1 amide bonds. The lowest BCUT2D eigenvalue weighted by Gasteiger charge is -2.23. The molecular formula is C25H26N4O2. The van der Waals surface area contributed by atoms with Crippen LogP contribution in [0.2, 0.25) is 0 Å². The van der Waals surface area contributed by atoms with E-state index in [0.717, 1.165) is 33.4 Å². The lowest BCUT2D eigenvalue weighted by Crippen LogP contribution is -2.34. The summed E-state index contributed by atoms with van der Waals surface area (Å²) in [6.45, 7) is 4.90. The third kappa shape index (κ3) is 4.74. The van der Waals surface area contributed by atoms with Crippen molar-refractivity contribution in [2.75, 3.05) is 6.61 Å². The number of aryl methyl sites for hydroxylation is 3. The van der Waals surface area contributed by atoms with Crippen molar-refractivity contribution < 1.29 is 9.53 Å². The Hall–Kier alpha value is -3.67. The summed E-state index contributed by atoms with van der Waals surface area (Å²) in [5.74, 6) is 0.347. The molecule has 0 atom stereocenters. The Labute approximate surface area is 182 Å². The Bertz CT molecular complexity index is 1150. The zero-order chi connectivity index (χ0) is 21.8. The zero-order valence-corrected chi connectivity index (χ0v) is 18.1. The third-order valence-corrected chi connectivity index (χ3v) is 5.20. The molecule has 2 heterocycles. The normalized spacial score (nSPS) is 10.9. The fourth-order valence-electron chi connectivity index (χ4n) is 3.71. The van der Waals surface area contributed by atoms with Crippen LogP contribution in [0.15, 0.2) is 66.7 Å². The highest BCUT2D eigenvalue weighted by atomic mass is 16.5. The van der Waals surface area contributed by atoms with Gasteiger partial charge in [0.05, 0.1) is 5.39 Å². The van der Waals surface area contributed by atoms with Crippen molar-refractivity contribution in [3.8, 4) is 5.88 Å². The summed E-state index contributed by atoms with van der Waals surface area (Å²) in [6.07, 6.45) is 0. The van der Waals surface area contributed by atoms with Crippen molar-refractivity contribution in [3.63, 3.8) is 0 Å². The third-order valence-electron chi connectivity index (χ3n) is 5.20. The van der Waals surface area contributed by atoms with Gasteiger partial charge < -0.3 is 9.64 Å². The van der Waals surface area contributed by atoms with Crippen LogP contribution < -0.4 is 4.74 Å². The molecule has 0 radical (unpaired) electrons. The average molecular weight is 415 g/mol. The second-order valence-electron chi connectivity index (χ2n) is 7.72. The highest BCUT2D eigenvalue weighted by Crippen LogP contribution is 2.27. The topological polar surface area (TPSA) is 60.2 Å². The van der Waals surface area contributed by atoms with E-state index < -0.39 is 0 Å². The summed E-state index contributed by atoms with van der Waals surface area (Å²) in [7, 11) is 1.83. The fraction of sp³-hybridized carbons (Fsp3) is 0.240. The molecule has 0 unspecified atom stereocenters. The number of pyridine rings is 1. The van der Waals surface area contributed by atoms with E-state index in [4.69, 9.17) is 4.74 Å². The van der Waals surface area contributed by atoms with E-state index in [1.54, 1.807) is 4.68 Å². The van der Waals surface area contributed by atoms with Crippen LogP contribution in [0.4, 0.5) is 0 Å². The molecule has 0 aliphatic heterocycles. The zero-order valence-electron chi connectivity index (χ0n) is 18.1. The Morgan fingerprint density at radius 1 is 0.968 bits per heavy atom. The molecule has 0 saturated carbocycles. The van der Waals surface area contributed by atoms with Crippen molar-refractivity contribution in [1.82, 2.24) is 19.7 Å². The molecule has 4 rings (SSSR count). The van der Waals surface area contributed by atoms with E-state index in [2.05, 4.69) is 10.1 Å². The first-order chi connectivity index (χ1) is 15.0. The number of amides is 1. The first-order valence-electron chi connectivity index (χ1n) is 10.3. The predicted octanol–water partition coefficient (Wildman–Crippen LogP) is 4.19. The van der Waals surface area contributed by atoms with Crippen molar-refractivity contribution in [1.29, 1.82) is 0 Å². The maximum Gasteiger partial charge on any atom is 0.261 e. The Balaban J connectivity index is 1.54. The number of aromatic nitrogens is 3. The number of fused-ring (bicyclic) bond motifs is 1. The van der Waals surface area contributed by atoms with E-state index in [-0.39, 0.29) is 12.5 Å².